The van der Waals surface area contributed by atoms with Gasteiger partial charge in [0.05, 0.1) is 67.8 Å². The van der Waals surface area contributed by atoms with Crippen molar-refractivity contribution in [3.8, 4) is 6.07 Å². The number of aldehydes is 1. The number of nitrogens with zero attached hydrogens (tertiary/aromatic N) is 5. The lowest BCUT2D eigenvalue weighted by Crippen LogP contribution is -2.12. The molecular formula is C36H28Br4F2N6O9. The number of fused-ring (bicyclic) bond motifs is 2. The van der Waals surface area contributed by atoms with Gasteiger partial charge in [-0.15, -0.1) is 0 Å². The summed E-state index contributed by atoms with van der Waals surface area (Å²) in [5, 5.41) is 9.58. The van der Waals surface area contributed by atoms with Gasteiger partial charge in [-0.2, -0.15) is 5.26 Å². The normalized spacial score (nSPS) is 10.1. The average Bonchev–Trinajstić information content (AvgIpc) is 3.70. The van der Waals surface area contributed by atoms with Crippen LogP contribution in [-0.4, -0.2) is 64.0 Å². The molecule has 6 rings (SSSR count). The Labute approximate surface area is 355 Å². The molecule has 0 radical (unpaired) electrons. The van der Waals surface area contributed by atoms with Crippen molar-refractivity contribution in [1.82, 2.24) is 19.9 Å². The second-order valence-electron chi connectivity index (χ2n) is 10.4. The number of halogens is 6. The van der Waals surface area contributed by atoms with E-state index in [0.29, 0.717) is 52.2 Å². The van der Waals surface area contributed by atoms with Crippen LogP contribution in [0, 0.1) is 23.0 Å². The molecule has 0 atom stereocenters. The van der Waals surface area contributed by atoms with Crippen LogP contribution in [0.25, 0.3) is 21.9 Å². The van der Waals surface area contributed by atoms with E-state index in [1.165, 1.54) is 24.5 Å². The summed E-state index contributed by atoms with van der Waals surface area (Å²) in [6.07, 6.45) is 5.36. The molecule has 0 fully saturated rings. The molecule has 0 aliphatic rings. The number of aromatic nitrogens is 4. The Morgan fingerprint density at radius 1 is 0.737 bits per heavy atom. The van der Waals surface area contributed by atoms with Crippen molar-refractivity contribution in [2.45, 2.75) is 27.2 Å². The first-order chi connectivity index (χ1) is 27.2. The highest BCUT2D eigenvalue weighted by atomic mass is 79.9. The monoisotopic (exact) mass is 1040 g/mol. The van der Waals surface area contributed by atoms with Crippen LogP contribution < -0.4 is 5.73 Å². The van der Waals surface area contributed by atoms with E-state index in [2.05, 4.69) is 83.7 Å². The predicted molar refractivity (Wildman–Crippen MR) is 214 cm³/mol. The van der Waals surface area contributed by atoms with Gasteiger partial charge >= 0.3 is 17.9 Å². The van der Waals surface area contributed by atoms with Crippen LogP contribution in [0.1, 0.15) is 63.4 Å². The molecule has 15 nitrogen and oxygen atoms in total. The number of nitrogens with two attached hydrogens (primary N) is 1. The molecule has 6 aromatic heterocycles. The zero-order chi connectivity index (χ0) is 42.2. The molecule has 6 aromatic rings. The number of anilines is 1. The zero-order valence-electron chi connectivity index (χ0n) is 29.8. The van der Waals surface area contributed by atoms with Gasteiger partial charge in [-0.3, -0.25) is 9.59 Å². The summed E-state index contributed by atoms with van der Waals surface area (Å²) >= 11 is 12.5. The smallest absolute Gasteiger partial charge is 0.376 e. The van der Waals surface area contributed by atoms with E-state index in [1.807, 2.05) is 0 Å². The number of nitriles is 1. The molecule has 0 saturated heterocycles. The van der Waals surface area contributed by atoms with Crippen LogP contribution in [0.3, 0.4) is 0 Å². The lowest BCUT2D eigenvalue weighted by molar-refractivity contribution is -0.142. The molecule has 0 unspecified atom stereocenters. The van der Waals surface area contributed by atoms with Crippen molar-refractivity contribution >= 4 is 116 Å². The van der Waals surface area contributed by atoms with Crippen LogP contribution in [0.15, 0.2) is 76.3 Å². The fourth-order valence-electron chi connectivity index (χ4n) is 4.28. The molecule has 0 aliphatic carbocycles. The van der Waals surface area contributed by atoms with Crippen LogP contribution in [-0.2, 0) is 25.4 Å². The number of rotatable bonds is 8. The van der Waals surface area contributed by atoms with Gasteiger partial charge in [-0.1, -0.05) is 0 Å². The van der Waals surface area contributed by atoms with Crippen LogP contribution >= 0.6 is 63.7 Å². The van der Waals surface area contributed by atoms with Crippen LogP contribution in [0.4, 0.5) is 14.5 Å². The maximum absolute atomic E-state index is 12.5. The van der Waals surface area contributed by atoms with E-state index >= 15 is 0 Å². The largest absolute Gasteiger partial charge is 0.466 e. The highest BCUT2D eigenvalue weighted by Gasteiger charge is 2.24. The number of furan rings is 2. The summed E-state index contributed by atoms with van der Waals surface area (Å²) in [7, 11) is 0. The minimum absolute atomic E-state index is 0.00174. The molecule has 0 saturated carbocycles. The maximum Gasteiger partial charge on any atom is 0.376 e. The van der Waals surface area contributed by atoms with Gasteiger partial charge in [0.25, 0.3) is 0 Å². The molecule has 0 amide bonds. The van der Waals surface area contributed by atoms with Gasteiger partial charge in [-0.05, 0) is 109 Å². The van der Waals surface area contributed by atoms with Crippen molar-refractivity contribution in [3.63, 3.8) is 0 Å². The van der Waals surface area contributed by atoms with Gasteiger partial charge in [0, 0.05) is 16.3 Å². The highest BCUT2D eigenvalue weighted by Crippen LogP contribution is 2.30. The Morgan fingerprint density at radius 2 is 1.21 bits per heavy atom. The molecule has 0 aromatic carbocycles. The predicted octanol–water partition coefficient (Wildman–Crippen LogP) is 8.87. The number of carbonyl (C=O) groups is 4. The Kier molecular flexibility index (Phi) is 18.3. The second-order valence-corrected chi connectivity index (χ2v) is 13.7. The van der Waals surface area contributed by atoms with E-state index < -0.39 is 29.5 Å². The Morgan fingerprint density at radius 3 is 1.74 bits per heavy atom. The first-order valence-electron chi connectivity index (χ1n) is 16.0. The minimum Gasteiger partial charge on any atom is -0.466 e. The maximum atomic E-state index is 12.5. The second kappa shape index (κ2) is 22.5. The summed E-state index contributed by atoms with van der Waals surface area (Å²) in [6.45, 7) is 5.90. The Hall–Kier alpha value is -5.17. The number of nitrogen functional groups attached to an aromatic ring is 1. The van der Waals surface area contributed by atoms with Gasteiger partial charge in [0.2, 0.25) is 11.5 Å². The van der Waals surface area contributed by atoms with Gasteiger partial charge in [0.1, 0.15) is 24.5 Å². The quantitative estimate of drug-likeness (QED) is 0.0650. The van der Waals surface area contributed by atoms with Gasteiger partial charge in [-0.25, -0.2) is 38.3 Å². The van der Waals surface area contributed by atoms with E-state index in [1.54, 1.807) is 39.0 Å². The molecule has 0 bridgehead atoms. The number of carbonyl (C=O) groups excluding carboxylic acids is 4. The van der Waals surface area contributed by atoms with Crippen molar-refractivity contribution < 1.29 is 51.0 Å². The average molecular weight is 1050 g/mol. The fourth-order valence-corrected chi connectivity index (χ4v) is 5.63. The third-order valence-electron chi connectivity index (χ3n) is 6.70. The van der Waals surface area contributed by atoms with Crippen molar-refractivity contribution in [1.29, 1.82) is 5.26 Å². The molecule has 57 heavy (non-hydrogen) atoms. The Balaban J connectivity index is 0.000000214. The van der Waals surface area contributed by atoms with Crippen molar-refractivity contribution in [2.75, 3.05) is 25.6 Å². The molecule has 0 aliphatic heterocycles. The van der Waals surface area contributed by atoms with E-state index in [-0.39, 0.29) is 54.6 Å². The van der Waals surface area contributed by atoms with E-state index in [4.69, 9.17) is 34.0 Å². The summed E-state index contributed by atoms with van der Waals surface area (Å²) in [5.41, 5.74) is 7.42. The SMILES string of the molecule is CCOC(=O)Cc1c(C(=O)OCC)oc2cnc(Br)cc12.CCOC(=O)c1oc2cnc(Br)cc2c1N.N#Cc1cc(Br)ncc1F.O=Cc1cc(Br)ncc1F. The summed E-state index contributed by atoms with van der Waals surface area (Å²) in [4.78, 5) is 60.4. The summed E-state index contributed by atoms with van der Waals surface area (Å²) < 4.78 is 52.5. The molecule has 6 heterocycles. The van der Waals surface area contributed by atoms with Gasteiger partial charge in [0.15, 0.2) is 29.1 Å². The molecule has 21 heteroatoms. The van der Waals surface area contributed by atoms with Crippen LogP contribution in [0.5, 0.6) is 0 Å². The highest BCUT2D eigenvalue weighted by molar-refractivity contribution is 9.11. The third kappa shape index (κ3) is 13.2. The molecule has 0 spiro atoms. The number of ether oxygens (including phenoxy) is 3. The van der Waals surface area contributed by atoms with Gasteiger partial charge < -0.3 is 28.8 Å². The molecule has 2 N–H and O–H groups in total. The number of hydrogen-bond acceptors (Lipinski definition) is 15. The first kappa shape index (κ1) is 46.2. The lowest BCUT2D eigenvalue weighted by atomic mass is 10.1. The summed E-state index contributed by atoms with van der Waals surface area (Å²) in [5.74, 6) is -2.75. The van der Waals surface area contributed by atoms with E-state index in [0.717, 1.165) is 12.4 Å². The van der Waals surface area contributed by atoms with E-state index in [9.17, 15) is 28.0 Å². The standard InChI is InChI=1S/C14H14BrNO5.C10H9BrN2O3.C6H2BrFN2.C6H3BrFNO/c1-3-19-12(17)6-9-8-5-11(15)16-7-10(8)21-13(9)14(18)20-4-2;1-2-15-10(14)9-8(12)5-3-7(11)13-4-6(5)16-9;7-6-1-4(2-9)5(8)3-10-6;7-6-1-4(3-10)5(8)2-9-6/h5,7H,3-4,6H2,1-2H3;3-4H,2,12H2,1H3;1,3H;1-3H. The third-order valence-corrected chi connectivity index (χ3v) is 8.43. The molecule has 298 valence electrons. The Bertz CT molecular complexity index is 2440. The fraction of sp³-hybridized carbons (Fsp3) is 0.194. The number of pyridine rings is 4. The minimum atomic E-state index is -0.607. The number of esters is 3. The first-order valence-corrected chi connectivity index (χ1v) is 19.2. The zero-order valence-corrected chi connectivity index (χ0v) is 36.1. The molecular weight excluding hydrogens is 1020 g/mol. The van der Waals surface area contributed by atoms with Crippen LogP contribution in [0.2, 0.25) is 0 Å². The summed E-state index contributed by atoms with van der Waals surface area (Å²) in [6, 6.07) is 7.72. The lowest BCUT2D eigenvalue weighted by Gasteiger charge is -2.03. The topological polar surface area (TPSA) is 224 Å². The number of hydrogen-bond donors (Lipinski definition) is 1. The van der Waals surface area contributed by atoms with Crippen molar-refractivity contribution in [2.24, 2.45) is 0 Å². The van der Waals surface area contributed by atoms with Crippen molar-refractivity contribution in [3.05, 3.63) is 107 Å².